The van der Waals surface area contributed by atoms with Gasteiger partial charge in [-0.05, 0) is 42.3 Å². The molecule has 0 spiro atoms. The van der Waals surface area contributed by atoms with Crippen LogP contribution in [0.15, 0.2) is 42.5 Å². The summed E-state index contributed by atoms with van der Waals surface area (Å²) in [7, 11) is -3.86. The van der Waals surface area contributed by atoms with Crippen LogP contribution in [0.4, 0.5) is 0 Å². The Morgan fingerprint density at radius 2 is 1.85 bits per heavy atom. The second-order valence-corrected chi connectivity index (χ2v) is 6.49. The maximum atomic E-state index is 10.6. The average Bonchev–Trinajstić information content (AvgIpc) is 2.42. The summed E-state index contributed by atoms with van der Waals surface area (Å²) >= 11 is 0. The Morgan fingerprint density at radius 1 is 1.15 bits per heavy atom. The van der Waals surface area contributed by atoms with Crippen molar-refractivity contribution >= 4 is 20.9 Å². The highest BCUT2D eigenvalue weighted by Gasteiger charge is 2.07. The maximum absolute atomic E-state index is 10.6. The quantitative estimate of drug-likeness (QED) is 0.635. The lowest BCUT2D eigenvalue weighted by Crippen LogP contribution is -2.21. The van der Waals surface area contributed by atoms with E-state index in [1.54, 1.807) is 0 Å². The second-order valence-electron chi connectivity index (χ2n) is 4.92. The average molecular weight is 293 g/mol. The van der Waals surface area contributed by atoms with Crippen LogP contribution in [0, 0.1) is 0 Å². The molecule has 1 atom stereocenters. The molecular weight excluding hydrogens is 274 g/mol. The molecule has 0 radical (unpaired) electrons. The predicted octanol–water partition coefficient (Wildman–Crippen LogP) is 2.77. The molecule has 0 amide bonds. The molecule has 0 aliphatic rings. The van der Waals surface area contributed by atoms with E-state index in [9.17, 15) is 8.42 Å². The third-order valence-electron chi connectivity index (χ3n) is 3.30. The fourth-order valence-corrected chi connectivity index (χ4v) is 2.68. The first-order valence-electron chi connectivity index (χ1n) is 6.63. The van der Waals surface area contributed by atoms with Crippen LogP contribution in [-0.4, -0.2) is 25.3 Å². The Labute approximate surface area is 119 Å². The van der Waals surface area contributed by atoms with Gasteiger partial charge in [-0.3, -0.25) is 4.55 Å². The first kappa shape index (κ1) is 15.0. The first-order chi connectivity index (χ1) is 9.46. The lowest BCUT2D eigenvalue weighted by Gasteiger charge is -2.14. The van der Waals surface area contributed by atoms with Crippen LogP contribution in [-0.2, 0) is 10.1 Å². The third kappa shape index (κ3) is 4.30. The van der Waals surface area contributed by atoms with Crippen LogP contribution in [0.3, 0.4) is 0 Å². The molecule has 4 nitrogen and oxygen atoms in total. The van der Waals surface area contributed by atoms with Crippen molar-refractivity contribution in [3.05, 3.63) is 48.0 Å². The smallest absolute Gasteiger partial charge is 0.264 e. The number of hydrogen-bond donors (Lipinski definition) is 2. The predicted molar refractivity (Wildman–Crippen MR) is 81.4 cm³/mol. The van der Waals surface area contributed by atoms with E-state index >= 15 is 0 Å². The fraction of sp³-hybridized carbons (Fsp3) is 0.333. The van der Waals surface area contributed by atoms with Crippen LogP contribution in [0.25, 0.3) is 10.8 Å². The van der Waals surface area contributed by atoms with Crippen LogP contribution in [0.2, 0.25) is 0 Å². The summed E-state index contributed by atoms with van der Waals surface area (Å²) in [6, 6.07) is 14.6. The van der Waals surface area contributed by atoms with E-state index < -0.39 is 10.1 Å². The summed E-state index contributed by atoms with van der Waals surface area (Å²) < 4.78 is 29.9. The number of nitrogens with one attached hydrogen (secondary N) is 1. The van der Waals surface area contributed by atoms with Crippen molar-refractivity contribution in [3.8, 4) is 0 Å². The summed E-state index contributed by atoms with van der Waals surface area (Å²) in [5.41, 5.74) is 1.16. The van der Waals surface area contributed by atoms with Gasteiger partial charge in [0.1, 0.15) is 0 Å². The largest absolute Gasteiger partial charge is 0.310 e. The molecule has 2 rings (SSSR count). The molecule has 0 bridgehead atoms. The van der Waals surface area contributed by atoms with E-state index in [-0.39, 0.29) is 11.8 Å². The zero-order valence-electron chi connectivity index (χ0n) is 11.4. The Hall–Kier alpha value is -1.43. The summed E-state index contributed by atoms with van der Waals surface area (Å²) in [5.74, 6) is -0.204. The summed E-state index contributed by atoms with van der Waals surface area (Å²) in [4.78, 5) is 0. The monoisotopic (exact) mass is 293 g/mol. The Bertz CT molecular complexity index is 682. The number of hydrogen-bond acceptors (Lipinski definition) is 3. The Balaban J connectivity index is 1.95. The lowest BCUT2D eigenvalue weighted by molar-refractivity contribution is 0.477. The van der Waals surface area contributed by atoms with Gasteiger partial charge in [0, 0.05) is 6.04 Å². The van der Waals surface area contributed by atoms with Gasteiger partial charge in [0.15, 0.2) is 0 Å². The normalized spacial score (nSPS) is 13.5. The lowest BCUT2D eigenvalue weighted by atomic mass is 10.0. The van der Waals surface area contributed by atoms with Gasteiger partial charge >= 0.3 is 0 Å². The van der Waals surface area contributed by atoms with Crippen LogP contribution >= 0.6 is 0 Å². The molecule has 0 saturated carbocycles. The van der Waals surface area contributed by atoms with E-state index in [1.165, 1.54) is 10.8 Å². The van der Waals surface area contributed by atoms with Crippen molar-refractivity contribution in [1.29, 1.82) is 0 Å². The van der Waals surface area contributed by atoms with E-state index in [1.807, 2.05) is 19.1 Å². The highest BCUT2D eigenvalue weighted by atomic mass is 32.2. The van der Waals surface area contributed by atoms with E-state index in [2.05, 4.69) is 35.6 Å². The molecule has 0 aliphatic heterocycles. The Morgan fingerprint density at radius 3 is 2.55 bits per heavy atom. The van der Waals surface area contributed by atoms with Crippen molar-refractivity contribution in [2.45, 2.75) is 19.4 Å². The van der Waals surface area contributed by atoms with Crippen molar-refractivity contribution in [2.24, 2.45) is 0 Å². The van der Waals surface area contributed by atoms with Gasteiger partial charge in [-0.15, -0.1) is 0 Å². The SMILES string of the molecule is CC(NCCCS(=O)(=O)O)c1ccc2ccccc2c1. The molecule has 0 aromatic heterocycles. The highest BCUT2D eigenvalue weighted by molar-refractivity contribution is 7.85. The topological polar surface area (TPSA) is 66.4 Å². The molecule has 1 unspecified atom stereocenters. The Kier molecular flexibility index (Phi) is 4.75. The van der Waals surface area contributed by atoms with Crippen LogP contribution in [0.5, 0.6) is 0 Å². The highest BCUT2D eigenvalue weighted by Crippen LogP contribution is 2.20. The minimum atomic E-state index is -3.86. The van der Waals surface area contributed by atoms with E-state index in [0.29, 0.717) is 13.0 Å². The summed E-state index contributed by atoms with van der Waals surface area (Å²) in [6.45, 7) is 2.59. The van der Waals surface area contributed by atoms with Crippen LogP contribution in [0.1, 0.15) is 24.9 Å². The standard InChI is InChI=1S/C15H19NO3S/c1-12(16-9-4-10-20(17,18)19)14-8-7-13-5-2-3-6-15(13)11-14/h2-3,5-8,11-12,16H,4,9-10H2,1H3,(H,17,18,19). The zero-order valence-corrected chi connectivity index (χ0v) is 12.2. The minimum Gasteiger partial charge on any atom is -0.310 e. The molecule has 2 aromatic rings. The molecule has 20 heavy (non-hydrogen) atoms. The number of benzene rings is 2. The van der Waals surface area contributed by atoms with Crippen LogP contribution < -0.4 is 5.32 Å². The molecule has 2 N–H and O–H groups in total. The molecular formula is C15H19NO3S. The molecule has 0 heterocycles. The van der Waals surface area contributed by atoms with E-state index in [4.69, 9.17) is 4.55 Å². The van der Waals surface area contributed by atoms with Gasteiger partial charge in [-0.2, -0.15) is 8.42 Å². The number of fused-ring (bicyclic) bond motifs is 1. The molecule has 2 aromatic carbocycles. The van der Waals surface area contributed by atoms with Crippen molar-refractivity contribution in [3.63, 3.8) is 0 Å². The molecule has 108 valence electrons. The molecule has 0 aliphatic carbocycles. The first-order valence-corrected chi connectivity index (χ1v) is 8.24. The summed E-state index contributed by atoms with van der Waals surface area (Å²) in [6.07, 6.45) is 0.400. The molecule has 0 saturated heterocycles. The minimum absolute atomic E-state index is 0.140. The van der Waals surface area contributed by atoms with Gasteiger partial charge in [-0.25, -0.2) is 0 Å². The van der Waals surface area contributed by atoms with Crippen molar-refractivity contribution in [1.82, 2.24) is 5.32 Å². The van der Waals surface area contributed by atoms with Gasteiger partial charge in [0.25, 0.3) is 10.1 Å². The molecule has 5 heteroatoms. The van der Waals surface area contributed by atoms with E-state index in [0.717, 1.165) is 5.56 Å². The molecule has 0 fully saturated rings. The fourth-order valence-electron chi connectivity index (χ4n) is 2.17. The van der Waals surface area contributed by atoms with Gasteiger partial charge in [0.2, 0.25) is 0 Å². The van der Waals surface area contributed by atoms with Crippen molar-refractivity contribution in [2.75, 3.05) is 12.3 Å². The van der Waals surface area contributed by atoms with Gasteiger partial charge in [-0.1, -0.05) is 36.4 Å². The second kappa shape index (κ2) is 6.35. The summed E-state index contributed by atoms with van der Waals surface area (Å²) in [5, 5.41) is 5.66. The van der Waals surface area contributed by atoms with Gasteiger partial charge < -0.3 is 5.32 Å². The zero-order chi connectivity index (χ0) is 14.6. The van der Waals surface area contributed by atoms with Gasteiger partial charge in [0.05, 0.1) is 5.75 Å². The maximum Gasteiger partial charge on any atom is 0.264 e. The number of rotatable bonds is 6. The third-order valence-corrected chi connectivity index (χ3v) is 4.11. The van der Waals surface area contributed by atoms with Crippen molar-refractivity contribution < 1.29 is 13.0 Å².